The van der Waals surface area contributed by atoms with Crippen LogP contribution in [0.2, 0.25) is 0 Å². The Kier molecular flexibility index (Phi) is 3.38. The number of anilines is 1. The molecule has 2 aromatic rings. The first-order valence-electron chi connectivity index (χ1n) is 6.09. The number of hydrogen-bond acceptors (Lipinski definition) is 4. The molecule has 0 saturated carbocycles. The minimum Gasteiger partial charge on any atom is -0.302 e. The highest BCUT2D eigenvalue weighted by atomic mass is 16.6. The Bertz CT molecular complexity index is 579. The number of rotatable bonds is 2. The average molecular weight is 259 g/mol. The van der Waals surface area contributed by atoms with E-state index in [4.69, 9.17) is 0 Å². The number of nitrogens with one attached hydrogen (secondary N) is 1. The second-order valence-electron chi connectivity index (χ2n) is 5.48. The summed E-state index contributed by atoms with van der Waals surface area (Å²) in [7, 11) is 0. The fourth-order valence-electron chi connectivity index (χ4n) is 1.65. The van der Waals surface area contributed by atoms with E-state index < -0.39 is 0 Å². The van der Waals surface area contributed by atoms with Gasteiger partial charge in [-0.05, 0) is 35.2 Å². The quantitative estimate of drug-likeness (QED) is 0.900. The van der Waals surface area contributed by atoms with Crippen LogP contribution in [-0.4, -0.2) is 16.2 Å². The molecule has 19 heavy (non-hydrogen) atoms. The van der Waals surface area contributed by atoms with Crippen LogP contribution in [0.4, 0.5) is 5.82 Å². The largest absolute Gasteiger partial charge is 0.302 e. The van der Waals surface area contributed by atoms with Gasteiger partial charge in [0.05, 0.1) is 0 Å². The van der Waals surface area contributed by atoms with Crippen molar-refractivity contribution < 1.29 is 9.42 Å². The lowest BCUT2D eigenvalue weighted by molar-refractivity contribution is 0.102. The van der Waals surface area contributed by atoms with Gasteiger partial charge in [-0.1, -0.05) is 38.1 Å². The molecule has 0 spiro atoms. The van der Waals surface area contributed by atoms with Crippen LogP contribution in [-0.2, 0) is 5.41 Å². The number of carbonyl (C=O) groups excluding carboxylic acids is 1. The number of aryl methyl sites for hydroxylation is 1. The maximum absolute atomic E-state index is 12.0. The topological polar surface area (TPSA) is 68.0 Å². The summed E-state index contributed by atoms with van der Waals surface area (Å²) >= 11 is 0. The molecular weight excluding hydrogens is 242 g/mol. The van der Waals surface area contributed by atoms with Gasteiger partial charge in [-0.15, -0.1) is 0 Å². The molecule has 0 saturated heterocycles. The highest BCUT2D eigenvalue weighted by Crippen LogP contribution is 2.22. The molecule has 0 aliphatic heterocycles. The highest BCUT2D eigenvalue weighted by Gasteiger charge is 2.15. The third-order valence-corrected chi connectivity index (χ3v) is 2.90. The zero-order valence-electron chi connectivity index (χ0n) is 11.5. The van der Waals surface area contributed by atoms with Crippen LogP contribution in [0.25, 0.3) is 0 Å². The SMILES string of the molecule is Cc1nonc1NC(=O)c1ccc(C(C)(C)C)cc1. The number of nitrogens with zero attached hydrogens (tertiary/aromatic N) is 2. The summed E-state index contributed by atoms with van der Waals surface area (Å²) in [4.78, 5) is 12.0. The van der Waals surface area contributed by atoms with Crippen LogP contribution < -0.4 is 5.32 Å². The molecule has 0 unspecified atom stereocenters. The van der Waals surface area contributed by atoms with Gasteiger partial charge in [0.2, 0.25) is 5.82 Å². The smallest absolute Gasteiger partial charge is 0.256 e. The van der Waals surface area contributed by atoms with Crippen LogP contribution in [0.3, 0.4) is 0 Å². The number of benzene rings is 1. The minimum absolute atomic E-state index is 0.0711. The fourth-order valence-corrected chi connectivity index (χ4v) is 1.65. The van der Waals surface area contributed by atoms with Gasteiger partial charge in [0, 0.05) is 5.56 Å². The first-order chi connectivity index (χ1) is 8.88. The standard InChI is InChI=1S/C14H17N3O2/c1-9-12(17-19-16-9)15-13(18)10-5-7-11(8-6-10)14(2,3)4/h5-8H,1-4H3,(H,15,17,18). The lowest BCUT2D eigenvalue weighted by Gasteiger charge is -2.18. The van der Waals surface area contributed by atoms with Crippen molar-refractivity contribution in [3.05, 3.63) is 41.1 Å². The molecule has 1 amide bonds. The van der Waals surface area contributed by atoms with Crippen molar-refractivity contribution in [2.75, 3.05) is 5.32 Å². The Labute approximate surface area is 112 Å². The second kappa shape index (κ2) is 4.84. The first kappa shape index (κ1) is 13.3. The lowest BCUT2D eigenvalue weighted by Crippen LogP contribution is -2.15. The normalized spacial score (nSPS) is 11.4. The van der Waals surface area contributed by atoms with Gasteiger partial charge in [-0.2, -0.15) is 0 Å². The van der Waals surface area contributed by atoms with Crippen molar-refractivity contribution in [1.29, 1.82) is 0 Å². The Morgan fingerprint density at radius 3 is 2.26 bits per heavy atom. The maximum atomic E-state index is 12.0. The summed E-state index contributed by atoms with van der Waals surface area (Å²) in [5.41, 5.74) is 2.39. The Hall–Kier alpha value is -2.17. The highest BCUT2D eigenvalue weighted by molar-refractivity contribution is 6.03. The van der Waals surface area contributed by atoms with Gasteiger partial charge in [0.25, 0.3) is 5.91 Å². The molecule has 2 rings (SSSR count). The molecule has 1 aromatic carbocycles. The summed E-state index contributed by atoms with van der Waals surface area (Å²) in [5.74, 6) is 0.129. The van der Waals surface area contributed by atoms with Crippen LogP contribution in [0, 0.1) is 6.92 Å². The molecule has 0 atom stereocenters. The molecule has 0 aliphatic rings. The van der Waals surface area contributed by atoms with Crippen molar-refractivity contribution in [2.24, 2.45) is 0 Å². The number of amides is 1. The fraction of sp³-hybridized carbons (Fsp3) is 0.357. The number of carbonyl (C=O) groups is 1. The summed E-state index contributed by atoms with van der Waals surface area (Å²) in [6, 6.07) is 7.53. The van der Waals surface area contributed by atoms with Crippen molar-refractivity contribution in [2.45, 2.75) is 33.1 Å². The zero-order valence-corrected chi connectivity index (χ0v) is 11.5. The molecule has 1 heterocycles. The van der Waals surface area contributed by atoms with Crippen molar-refractivity contribution in [3.63, 3.8) is 0 Å². The van der Waals surface area contributed by atoms with Crippen molar-refractivity contribution in [3.8, 4) is 0 Å². The average Bonchev–Trinajstić information content (AvgIpc) is 2.74. The lowest BCUT2D eigenvalue weighted by atomic mass is 9.87. The van der Waals surface area contributed by atoms with Crippen LogP contribution in [0.15, 0.2) is 28.9 Å². The molecule has 0 aliphatic carbocycles. The van der Waals surface area contributed by atoms with Gasteiger partial charge < -0.3 is 5.32 Å². The molecule has 0 bridgehead atoms. The van der Waals surface area contributed by atoms with Crippen molar-refractivity contribution in [1.82, 2.24) is 10.3 Å². The summed E-state index contributed by atoms with van der Waals surface area (Å²) in [5, 5.41) is 9.89. The van der Waals surface area contributed by atoms with E-state index in [0.29, 0.717) is 17.1 Å². The van der Waals surface area contributed by atoms with E-state index in [1.165, 1.54) is 5.56 Å². The van der Waals surface area contributed by atoms with Gasteiger partial charge in [-0.25, -0.2) is 4.63 Å². The van der Waals surface area contributed by atoms with E-state index >= 15 is 0 Å². The molecule has 100 valence electrons. The predicted octanol–water partition coefficient (Wildman–Crippen LogP) is 2.93. The Morgan fingerprint density at radius 1 is 1.16 bits per heavy atom. The van der Waals surface area contributed by atoms with Crippen molar-refractivity contribution >= 4 is 11.7 Å². The third kappa shape index (κ3) is 2.99. The summed E-state index contributed by atoms with van der Waals surface area (Å²) in [6.45, 7) is 8.11. The maximum Gasteiger partial charge on any atom is 0.256 e. The number of aromatic nitrogens is 2. The van der Waals surface area contributed by atoms with E-state index in [1.54, 1.807) is 19.1 Å². The third-order valence-electron chi connectivity index (χ3n) is 2.90. The summed E-state index contributed by atoms with van der Waals surface area (Å²) < 4.78 is 4.53. The molecule has 0 radical (unpaired) electrons. The Balaban J connectivity index is 2.14. The molecule has 0 fully saturated rings. The first-order valence-corrected chi connectivity index (χ1v) is 6.09. The number of hydrogen-bond donors (Lipinski definition) is 1. The predicted molar refractivity (Wildman–Crippen MR) is 72.1 cm³/mol. The van der Waals surface area contributed by atoms with Crippen LogP contribution in [0.5, 0.6) is 0 Å². The van der Waals surface area contributed by atoms with Gasteiger partial charge in [-0.3, -0.25) is 4.79 Å². The minimum atomic E-state index is -0.223. The molecule has 5 nitrogen and oxygen atoms in total. The van der Waals surface area contributed by atoms with E-state index in [1.807, 2.05) is 12.1 Å². The van der Waals surface area contributed by atoms with E-state index in [2.05, 4.69) is 41.0 Å². The monoisotopic (exact) mass is 259 g/mol. The van der Waals surface area contributed by atoms with Crippen LogP contribution >= 0.6 is 0 Å². The van der Waals surface area contributed by atoms with E-state index in [0.717, 1.165) is 0 Å². The molecule has 1 N–H and O–H groups in total. The molecular formula is C14H17N3O2. The van der Waals surface area contributed by atoms with Crippen LogP contribution in [0.1, 0.15) is 42.4 Å². The molecule has 5 heteroatoms. The zero-order chi connectivity index (χ0) is 14.0. The van der Waals surface area contributed by atoms with E-state index in [-0.39, 0.29) is 11.3 Å². The van der Waals surface area contributed by atoms with Gasteiger partial charge >= 0.3 is 0 Å². The van der Waals surface area contributed by atoms with Gasteiger partial charge in [0.15, 0.2) is 0 Å². The second-order valence-corrected chi connectivity index (χ2v) is 5.48. The summed E-state index contributed by atoms with van der Waals surface area (Å²) in [6.07, 6.45) is 0. The van der Waals surface area contributed by atoms with E-state index in [9.17, 15) is 4.79 Å². The van der Waals surface area contributed by atoms with Gasteiger partial charge in [0.1, 0.15) is 5.69 Å². The Morgan fingerprint density at radius 2 is 1.79 bits per heavy atom. The molecule has 1 aromatic heterocycles.